The number of rotatable bonds is 2. The summed E-state index contributed by atoms with van der Waals surface area (Å²) in [6, 6.07) is 0.467. The van der Waals surface area contributed by atoms with E-state index in [1.54, 1.807) is 11.3 Å². The molecule has 4 rings (SSSR count). The average molecular weight is 303 g/mol. The van der Waals surface area contributed by atoms with Crippen molar-refractivity contribution < 1.29 is 0 Å². The lowest BCUT2D eigenvalue weighted by Gasteiger charge is -2.22. The summed E-state index contributed by atoms with van der Waals surface area (Å²) in [5.74, 6) is 0.665. The summed E-state index contributed by atoms with van der Waals surface area (Å²) in [6.07, 6.45) is 10.8. The molecule has 0 bridgehead atoms. The molecule has 0 spiro atoms. The molecule has 0 saturated heterocycles. The number of nitrogens with zero attached hydrogens (tertiary/aromatic N) is 1. The van der Waals surface area contributed by atoms with Crippen molar-refractivity contribution in [2.75, 3.05) is 5.32 Å². The molecule has 1 fully saturated rings. The van der Waals surface area contributed by atoms with Gasteiger partial charge in [0.2, 0.25) is 5.95 Å². The highest BCUT2D eigenvalue weighted by Gasteiger charge is 2.20. The van der Waals surface area contributed by atoms with Crippen molar-refractivity contribution in [2.24, 2.45) is 0 Å². The van der Waals surface area contributed by atoms with Crippen molar-refractivity contribution in [3.05, 3.63) is 20.8 Å². The second kappa shape index (κ2) is 5.44. The molecular formula is C16H21N3OS. The Kier molecular flexibility index (Phi) is 3.45. The van der Waals surface area contributed by atoms with Gasteiger partial charge in [0.15, 0.2) is 0 Å². The predicted octanol–water partition coefficient (Wildman–Crippen LogP) is 3.61. The average Bonchev–Trinajstić information content (AvgIpc) is 2.87. The molecule has 2 aromatic heterocycles. The standard InChI is InChI=1S/C16H21N3OS/c20-14-13-11-8-4-5-9-12(11)21-15(13)19-16(18-14)17-10-6-2-1-3-7-10/h10H,1-9H2,(H2,17,18,19,20). The maximum atomic E-state index is 12.4. The number of aromatic amines is 1. The topological polar surface area (TPSA) is 57.8 Å². The highest BCUT2D eigenvalue weighted by Crippen LogP contribution is 2.34. The molecule has 0 unspecified atom stereocenters. The fourth-order valence-electron chi connectivity index (χ4n) is 3.67. The van der Waals surface area contributed by atoms with Crippen LogP contribution in [0, 0.1) is 0 Å². The zero-order valence-corrected chi connectivity index (χ0v) is 13.0. The van der Waals surface area contributed by atoms with Gasteiger partial charge in [0.05, 0.1) is 5.39 Å². The van der Waals surface area contributed by atoms with E-state index in [9.17, 15) is 4.79 Å². The summed E-state index contributed by atoms with van der Waals surface area (Å²) in [5.41, 5.74) is 1.30. The molecule has 2 aromatic rings. The van der Waals surface area contributed by atoms with Crippen LogP contribution in [0.3, 0.4) is 0 Å². The summed E-state index contributed by atoms with van der Waals surface area (Å²) < 4.78 is 0. The molecule has 0 radical (unpaired) electrons. The van der Waals surface area contributed by atoms with Crippen LogP contribution in [0.5, 0.6) is 0 Å². The molecular weight excluding hydrogens is 282 g/mol. The Labute approximate surface area is 128 Å². The Bertz CT molecular complexity index is 712. The maximum absolute atomic E-state index is 12.4. The molecule has 0 aliphatic heterocycles. The Hall–Kier alpha value is -1.36. The highest BCUT2D eigenvalue weighted by molar-refractivity contribution is 7.18. The van der Waals surface area contributed by atoms with Gasteiger partial charge in [-0.15, -0.1) is 11.3 Å². The molecule has 2 heterocycles. The van der Waals surface area contributed by atoms with E-state index >= 15 is 0 Å². The maximum Gasteiger partial charge on any atom is 0.261 e. The first-order valence-corrected chi connectivity index (χ1v) is 8.94. The minimum atomic E-state index is 0.0395. The highest BCUT2D eigenvalue weighted by atomic mass is 32.1. The van der Waals surface area contributed by atoms with Gasteiger partial charge in [0, 0.05) is 10.9 Å². The number of anilines is 1. The third-order valence-corrected chi connectivity index (χ3v) is 5.96. The normalized spacial score (nSPS) is 19.6. The van der Waals surface area contributed by atoms with Gasteiger partial charge in [-0.25, -0.2) is 4.98 Å². The molecule has 5 heteroatoms. The van der Waals surface area contributed by atoms with Gasteiger partial charge in [-0.05, 0) is 44.1 Å². The van der Waals surface area contributed by atoms with E-state index in [4.69, 9.17) is 0 Å². The van der Waals surface area contributed by atoms with Gasteiger partial charge in [0.1, 0.15) is 4.83 Å². The fraction of sp³-hybridized carbons (Fsp3) is 0.625. The lowest BCUT2D eigenvalue weighted by atomic mass is 9.96. The number of thiophene rings is 1. The van der Waals surface area contributed by atoms with E-state index in [1.807, 2.05) is 0 Å². The molecule has 4 nitrogen and oxygen atoms in total. The third kappa shape index (κ3) is 2.48. The first-order chi connectivity index (χ1) is 10.3. The largest absolute Gasteiger partial charge is 0.353 e. The molecule has 2 aliphatic carbocycles. The quantitative estimate of drug-likeness (QED) is 0.891. The summed E-state index contributed by atoms with van der Waals surface area (Å²) >= 11 is 1.72. The van der Waals surface area contributed by atoms with Crippen LogP contribution < -0.4 is 10.9 Å². The Balaban J connectivity index is 1.70. The molecule has 112 valence electrons. The van der Waals surface area contributed by atoms with Gasteiger partial charge in [-0.3, -0.25) is 9.78 Å². The van der Waals surface area contributed by atoms with Crippen LogP contribution in [-0.4, -0.2) is 16.0 Å². The summed E-state index contributed by atoms with van der Waals surface area (Å²) in [7, 11) is 0. The van der Waals surface area contributed by atoms with Crippen LogP contribution in [0.4, 0.5) is 5.95 Å². The van der Waals surface area contributed by atoms with Crippen molar-refractivity contribution in [3.63, 3.8) is 0 Å². The number of H-pyrrole nitrogens is 1. The van der Waals surface area contributed by atoms with Crippen molar-refractivity contribution >= 4 is 27.5 Å². The van der Waals surface area contributed by atoms with Crippen molar-refractivity contribution in [1.82, 2.24) is 9.97 Å². The van der Waals surface area contributed by atoms with Crippen LogP contribution in [0.1, 0.15) is 55.4 Å². The number of hydrogen-bond acceptors (Lipinski definition) is 4. The van der Waals surface area contributed by atoms with E-state index in [0.717, 1.165) is 23.1 Å². The van der Waals surface area contributed by atoms with Crippen LogP contribution in [0.25, 0.3) is 10.2 Å². The van der Waals surface area contributed by atoms with Crippen LogP contribution in [0.2, 0.25) is 0 Å². The first-order valence-electron chi connectivity index (χ1n) is 8.12. The minimum Gasteiger partial charge on any atom is -0.353 e. The Morgan fingerprint density at radius 1 is 1.10 bits per heavy atom. The smallest absolute Gasteiger partial charge is 0.261 e. The number of nitrogens with one attached hydrogen (secondary N) is 2. The van der Waals surface area contributed by atoms with Gasteiger partial charge in [0.25, 0.3) is 5.56 Å². The number of aryl methyl sites for hydroxylation is 2. The lowest BCUT2D eigenvalue weighted by Crippen LogP contribution is -2.25. The lowest BCUT2D eigenvalue weighted by molar-refractivity contribution is 0.461. The SMILES string of the molecule is O=c1[nH]c(NC2CCCCC2)nc2sc3c(c12)CCCC3. The Morgan fingerprint density at radius 2 is 1.90 bits per heavy atom. The molecule has 2 aliphatic rings. The van der Waals surface area contributed by atoms with Gasteiger partial charge in [-0.2, -0.15) is 0 Å². The molecule has 0 atom stereocenters. The number of aromatic nitrogens is 2. The third-order valence-electron chi connectivity index (χ3n) is 4.77. The molecule has 0 amide bonds. The monoisotopic (exact) mass is 303 g/mol. The first kappa shape index (κ1) is 13.3. The zero-order valence-electron chi connectivity index (χ0n) is 12.2. The molecule has 0 aromatic carbocycles. The van der Waals surface area contributed by atoms with Gasteiger partial charge in [-0.1, -0.05) is 19.3 Å². The van der Waals surface area contributed by atoms with Crippen LogP contribution in [0.15, 0.2) is 4.79 Å². The fourth-order valence-corrected chi connectivity index (χ4v) is 4.93. The predicted molar refractivity (Wildman–Crippen MR) is 87.4 cm³/mol. The van der Waals surface area contributed by atoms with E-state index in [0.29, 0.717) is 12.0 Å². The molecule has 21 heavy (non-hydrogen) atoms. The van der Waals surface area contributed by atoms with E-state index in [2.05, 4.69) is 15.3 Å². The molecule has 1 saturated carbocycles. The van der Waals surface area contributed by atoms with E-state index in [-0.39, 0.29) is 5.56 Å². The molecule has 2 N–H and O–H groups in total. The second-order valence-electron chi connectivity index (χ2n) is 6.28. The summed E-state index contributed by atoms with van der Waals surface area (Å²) in [6.45, 7) is 0. The summed E-state index contributed by atoms with van der Waals surface area (Å²) in [4.78, 5) is 22.4. The van der Waals surface area contributed by atoms with Gasteiger partial charge >= 0.3 is 0 Å². The second-order valence-corrected chi connectivity index (χ2v) is 7.37. The van der Waals surface area contributed by atoms with Crippen molar-refractivity contribution in [1.29, 1.82) is 0 Å². The van der Waals surface area contributed by atoms with E-state index < -0.39 is 0 Å². The van der Waals surface area contributed by atoms with Crippen LogP contribution in [-0.2, 0) is 12.8 Å². The van der Waals surface area contributed by atoms with Crippen molar-refractivity contribution in [3.8, 4) is 0 Å². The van der Waals surface area contributed by atoms with Gasteiger partial charge < -0.3 is 5.32 Å². The van der Waals surface area contributed by atoms with Crippen LogP contribution >= 0.6 is 11.3 Å². The van der Waals surface area contributed by atoms with E-state index in [1.165, 1.54) is 55.4 Å². The zero-order chi connectivity index (χ0) is 14.2. The minimum absolute atomic E-state index is 0.0395. The number of hydrogen-bond donors (Lipinski definition) is 2. The Morgan fingerprint density at radius 3 is 2.76 bits per heavy atom. The van der Waals surface area contributed by atoms with Crippen molar-refractivity contribution in [2.45, 2.75) is 63.8 Å². The number of fused-ring (bicyclic) bond motifs is 3. The summed E-state index contributed by atoms with van der Waals surface area (Å²) in [5, 5.41) is 4.29.